The first-order valence-electron chi connectivity index (χ1n) is 5.86. The topological polar surface area (TPSA) is 54.0 Å². The van der Waals surface area contributed by atoms with Crippen molar-refractivity contribution in [2.45, 2.75) is 40.2 Å². The fraction of sp³-hybridized carbons (Fsp3) is 0.538. The molecule has 17 heavy (non-hydrogen) atoms. The normalized spacial score (nSPS) is 11.1. The molecule has 1 rings (SSSR count). The largest absolute Gasteiger partial charge is 0.385 e. The van der Waals surface area contributed by atoms with Gasteiger partial charge in [0.25, 0.3) is 5.91 Å². The minimum Gasteiger partial charge on any atom is -0.385 e. The Morgan fingerprint density at radius 1 is 1.41 bits per heavy atom. The van der Waals surface area contributed by atoms with Crippen LogP contribution in [0.25, 0.3) is 0 Å². The first kappa shape index (κ1) is 13.5. The van der Waals surface area contributed by atoms with Crippen molar-refractivity contribution in [3.63, 3.8) is 0 Å². The summed E-state index contributed by atoms with van der Waals surface area (Å²) in [4.78, 5) is 16.2. The maximum atomic E-state index is 12.1. The van der Waals surface area contributed by atoms with Crippen LogP contribution in [-0.2, 0) is 0 Å². The number of carbonyl (C=O) groups excluding carboxylic acids is 1. The third-order valence-electron chi connectivity index (χ3n) is 2.14. The highest BCUT2D eigenvalue weighted by atomic mass is 16.1. The average molecular weight is 235 g/mol. The number of aromatic nitrogens is 1. The summed E-state index contributed by atoms with van der Waals surface area (Å²) in [5.74, 6) is -0.0963. The van der Waals surface area contributed by atoms with Crippen LogP contribution in [0.2, 0.25) is 0 Å². The van der Waals surface area contributed by atoms with E-state index in [0.717, 1.165) is 17.9 Å². The lowest BCUT2D eigenvalue weighted by molar-refractivity contribution is 0.0920. The lowest BCUT2D eigenvalue weighted by Gasteiger charge is -2.21. The van der Waals surface area contributed by atoms with Gasteiger partial charge in [0.2, 0.25) is 0 Å². The minimum absolute atomic E-state index is 0.0963. The molecule has 0 saturated carbocycles. The fourth-order valence-corrected chi connectivity index (χ4v) is 1.49. The Morgan fingerprint density at radius 2 is 2.06 bits per heavy atom. The van der Waals surface area contributed by atoms with Crippen LogP contribution in [0.4, 0.5) is 5.69 Å². The summed E-state index contributed by atoms with van der Waals surface area (Å²) in [7, 11) is 0. The Kier molecular flexibility index (Phi) is 4.10. The zero-order chi connectivity index (χ0) is 13.1. The van der Waals surface area contributed by atoms with Crippen LogP contribution in [-0.4, -0.2) is 23.0 Å². The van der Waals surface area contributed by atoms with Crippen LogP contribution < -0.4 is 10.6 Å². The van der Waals surface area contributed by atoms with Gasteiger partial charge in [-0.2, -0.15) is 0 Å². The van der Waals surface area contributed by atoms with Crippen LogP contribution in [0, 0.1) is 6.92 Å². The zero-order valence-corrected chi connectivity index (χ0v) is 11.2. The van der Waals surface area contributed by atoms with Crippen molar-refractivity contribution in [3.8, 4) is 0 Å². The number of aryl methyl sites for hydroxylation is 1. The smallest absolute Gasteiger partial charge is 0.255 e. The number of nitrogens with zero attached hydrogens (tertiary/aromatic N) is 1. The third-order valence-corrected chi connectivity index (χ3v) is 2.14. The molecule has 94 valence electrons. The zero-order valence-electron chi connectivity index (χ0n) is 11.2. The van der Waals surface area contributed by atoms with Crippen molar-refractivity contribution in [1.82, 2.24) is 10.3 Å². The number of amides is 1. The molecule has 0 radical (unpaired) electrons. The van der Waals surface area contributed by atoms with Crippen LogP contribution >= 0.6 is 0 Å². The van der Waals surface area contributed by atoms with Crippen molar-refractivity contribution >= 4 is 11.6 Å². The summed E-state index contributed by atoms with van der Waals surface area (Å²) in [6.07, 6.45) is 1.62. The first-order chi connectivity index (χ1) is 7.83. The molecule has 0 aliphatic rings. The van der Waals surface area contributed by atoms with E-state index in [1.165, 1.54) is 0 Å². The Bertz CT molecular complexity index is 408. The number of rotatable bonds is 3. The van der Waals surface area contributed by atoms with E-state index in [2.05, 4.69) is 15.6 Å². The number of anilines is 1. The standard InChI is InChI=1S/C13H21N3O/c1-6-14-11-7-9(2)15-8-10(11)12(17)16-13(3,4)5/h7-8H,6H2,1-5H3,(H,14,15)(H,16,17). The molecular formula is C13H21N3O. The van der Waals surface area contributed by atoms with Crippen molar-refractivity contribution in [2.75, 3.05) is 11.9 Å². The SMILES string of the molecule is CCNc1cc(C)ncc1C(=O)NC(C)(C)C. The number of hydrogen-bond donors (Lipinski definition) is 2. The van der Waals surface area contributed by atoms with Crippen molar-refractivity contribution in [3.05, 3.63) is 23.5 Å². The summed E-state index contributed by atoms with van der Waals surface area (Å²) >= 11 is 0. The second-order valence-electron chi connectivity index (χ2n) is 5.11. The quantitative estimate of drug-likeness (QED) is 0.845. The molecule has 0 saturated heterocycles. The monoisotopic (exact) mass is 235 g/mol. The van der Waals surface area contributed by atoms with E-state index in [4.69, 9.17) is 0 Å². The lowest BCUT2D eigenvalue weighted by Crippen LogP contribution is -2.40. The molecule has 0 spiro atoms. The van der Waals surface area contributed by atoms with E-state index in [-0.39, 0.29) is 11.4 Å². The number of hydrogen-bond acceptors (Lipinski definition) is 3. The molecule has 1 amide bonds. The minimum atomic E-state index is -0.245. The van der Waals surface area contributed by atoms with Crippen molar-refractivity contribution < 1.29 is 4.79 Å². The van der Waals surface area contributed by atoms with Gasteiger partial charge in [-0.15, -0.1) is 0 Å². The van der Waals surface area contributed by atoms with Crippen LogP contribution in [0.15, 0.2) is 12.3 Å². The molecular weight excluding hydrogens is 214 g/mol. The second-order valence-corrected chi connectivity index (χ2v) is 5.11. The number of pyridine rings is 1. The lowest BCUT2D eigenvalue weighted by atomic mass is 10.1. The summed E-state index contributed by atoms with van der Waals surface area (Å²) in [5, 5.41) is 6.12. The van der Waals surface area contributed by atoms with Gasteiger partial charge in [0, 0.05) is 24.0 Å². The number of nitrogens with one attached hydrogen (secondary N) is 2. The van der Waals surface area contributed by atoms with Gasteiger partial charge in [0.15, 0.2) is 0 Å². The molecule has 4 nitrogen and oxygen atoms in total. The maximum Gasteiger partial charge on any atom is 0.255 e. The van der Waals surface area contributed by atoms with E-state index in [1.54, 1.807) is 6.20 Å². The van der Waals surface area contributed by atoms with Gasteiger partial charge in [-0.1, -0.05) is 0 Å². The summed E-state index contributed by atoms with van der Waals surface area (Å²) in [6.45, 7) is 10.6. The van der Waals surface area contributed by atoms with E-state index in [9.17, 15) is 4.79 Å². The molecule has 0 aliphatic heterocycles. The Hall–Kier alpha value is -1.58. The van der Waals surface area contributed by atoms with Gasteiger partial charge in [0.1, 0.15) is 0 Å². The molecule has 1 heterocycles. The Balaban J connectivity index is 3.00. The van der Waals surface area contributed by atoms with Gasteiger partial charge >= 0.3 is 0 Å². The van der Waals surface area contributed by atoms with E-state index in [1.807, 2.05) is 40.7 Å². The Morgan fingerprint density at radius 3 is 2.59 bits per heavy atom. The maximum absolute atomic E-state index is 12.1. The highest BCUT2D eigenvalue weighted by molar-refractivity contribution is 5.99. The van der Waals surface area contributed by atoms with Gasteiger partial charge in [-0.3, -0.25) is 9.78 Å². The highest BCUT2D eigenvalue weighted by Gasteiger charge is 2.18. The van der Waals surface area contributed by atoms with E-state index < -0.39 is 0 Å². The molecule has 0 aromatic carbocycles. The highest BCUT2D eigenvalue weighted by Crippen LogP contribution is 2.16. The van der Waals surface area contributed by atoms with Crippen LogP contribution in [0.1, 0.15) is 43.7 Å². The molecule has 0 unspecified atom stereocenters. The van der Waals surface area contributed by atoms with Gasteiger partial charge in [-0.25, -0.2) is 0 Å². The predicted molar refractivity (Wildman–Crippen MR) is 70.4 cm³/mol. The van der Waals surface area contributed by atoms with Crippen molar-refractivity contribution in [1.29, 1.82) is 0 Å². The molecule has 4 heteroatoms. The molecule has 2 N–H and O–H groups in total. The van der Waals surface area contributed by atoms with Crippen molar-refractivity contribution in [2.24, 2.45) is 0 Å². The number of carbonyl (C=O) groups is 1. The van der Waals surface area contributed by atoms with Gasteiger partial charge in [-0.05, 0) is 40.7 Å². The molecule has 0 bridgehead atoms. The molecule has 1 aromatic rings. The molecule has 1 aromatic heterocycles. The fourth-order valence-electron chi connectivity index (χ4n) is 1.49. The van der Waals surface area contributed by atoms with Gasteiger partial charge in [0.05, 0.1) is 11.3 Å². The summed E-state index contributed by atoms with van der Waals surface area (Å²) in [6, 6.07) is 1.89. The predicted octanol–water partition coefficient (Wildman–Crippen LogP) is 2.35. The molecule has 0 aliphatic carbocycles. The van der Waals surface area contributed by atoms with Gasteiger partial charge < -0.3 is 10.6 Å². The average Bonchev–Trinajstić information content (AvgIpc) is 2.15. The Labute approximate surface area is 103 Å². The molecule has 0 atom stereocenters. The third kappa shape index (κ3) is 4.06. The first-order valence-corrected chi connectivity index (χ1v) is 5.86. The van der Waals surface area contributed by atoms with Crippen LogP contribution in [0.5, 0.6) is 0 Å². The van der Waals surface area contributed by atoms with Crippen LogP contribution in [0.3, 0.4) is 0 Å². The summed E-state index contributed by atoms with van der Waals surface area (Å²) < 4.78 is 0. The second kappa shape index (κ2) is 5.17. The van der Waals surface area contributed by atoms with E-state index in [0.29, 0.717) is 5.56 Å². The summed E-state index contributed by atoms with van der Waals surface area (Å²) in [5.41, 5.74) is 2.08. The molecule has 0 fully saturated rings. The van der Waals surface area contributed by atoms with E-state index >= 15 is 0 Å².